The van der Waals surface area contributed by atoms with Crippen molar-refractivity contribution in [2.45, 2.75) is 12.6 Å². The third-order valence-electron chi connectivity index (χ3n) is 5.08. The second-order valence-corrected chi connectivity index (χ2v) is 7.06. The van der Waals surface area contributed by atoms with Gasteiger partial charge in [-0.15, -0.1) is 0 Å². The fourth-order valence-electron chi connectivity index (χ4n) is 3.60. The maximum Gasteiger partial charge on any atom is 0.165 e. The molecule has 7 nitrogen and oxygen atoms in total. The number of morpholine rings is 1. The van der Waals surface area contributed by atoms with Gasteiger partial charge in [-0.3, -0.25) is 9.88 Å². The number of anilines is 2. The minimum absolute atomic E-state index is 0.0701. The van der Waals surface area contributed by atoms with Crippen molar-refractivity contribution in [1.82, 2.24) is 14.9 Å². The zero-order valence-electron chi connectivity index (χ0n) is 17.2. The van der Waals surface area contributed by atoms with E-state index in [0.717, 1.165) is 53.9 Å². The predicted molar refractivity (Wildman–Crippen MR) is 115 cm³/mol. The summed E-state index contributed by atoms with van der Waals surface area (Å²) in [5.41, 5.74) is 2.91. The topological polar surface area (TPSA) is 68.7 Å². The van der Waals surface area contributed by atoms with E-state index >= 15 is 0 Å². The average Bonchev–Trinajstić information content (AvgIpc) is 2.80. The van der Waals surface area contributed by atoms with Gasteiger partial charge in [0.15, 0.2) is 11.5 Å². The van der Waals surface area contributed by atoms with E-state index in [1.807, 2.05) is 48.7 Å². The summed E-state index contributed by atoms with van der Waals surface area (Å²) < 4.78 is 17.0. The molecule has 3 heterocycles. The van der Waals surface area contributed by atoms with Gasteiger partial charge in [0.25, 0.3) is 0 Å². The summed E-state index contributed by atoms with van der Waals surface area (Å²) in [6, 6.07) is 15.7. The number of methoxy groups -OCH3 is 2. The summed E-state index contributed by atoms with van der Waals surface area (Å²) in [4.78, 5) is 11.2. The minimum Gasteiger partial charge on any atom is -0.493 e. The van der Waals surface area contributed by atoms with Gasteiger partial charge in [0.05, 0.1) is 38.4 Å². The molecule has 1 atom stereocenters. The Morgan fingerprint density at radius 2 is 2.00 bits per heavy atom. The first-order chi connectivity index (χ1) is 14.8. The van der Waals surface area contributed by atoms with Crippen LogP contribution in [0.4, 0.5) is 11.5 Å². The van der Waals surface area contributed by atoms with Gasteiger partial charge in [0, 0.05) is 31.4 Å². The minimum atomic E-state index is -0.0701. The van der Waals surface area contributed by atoms with Gasteiger partial charge in [-0.2, -0.15) is 0 Å². The van der Waals surface area contributed by atoms with Crippen LogP contribution in [-0.2, 0) is 11.3 Å². The van der Waals surface area contributed by atoms with E-state index in [-0.39, 0.29) is 6.10 Å². The standard InChI is InChI=1S/C23H26N4O3/c1-28-20-7-5-6-17(23(20)29-2)15-27-12-13-30-21(16-27)19-10-9-18(14-25-19)26-22-8-3-4-11-24-22/h3-11,14,21H,12-13,15-16H2,1-2H3,(H,24,26). The molecule has 1 aliphatic heterocycles. The Labute approximate surface area is 176 Å². The monoisotopic (exact) mass is 406 g/mol. The normalized spacial score (nSPS) is 16.8. The molecule has 0 aliphatic carbocycles. The van der Waals surface area contributed by atoms with Crippen LogP contribution >= 0.6 is 0 Å². The highest BCUT2D eigenvalue weighted by molar-refractivity contribution is 5.54. The fourth-order valence-corrected chi connectivity index (χ4v) is 3.60. The van der Waals surface area contributed by atoms with E-state index in [4.69, 9.17) is 14.2 Å². The number of hydrogen-bond donors (Lipinski definition) is 1. The first kappa shape index (κ1) is 20.1. The Bertz CT molecular complexity index is 950. The van der Waals surface area contributed by atoms with Gasteiger partial charge in [-0.05, 0) is 30.3 Å². The molecule has 1 fully saturated rings. The molecule has 0 radical (unpaired) electrons. The number of ether oxygens (including phenoxy) is 3. The molecule has 0 amide bonds. The molecule has 30 heavy (non-hydrogen) atoms. The zero-order valence-corrected chi connectivity index (χ0v) is 17.2. The summed E-state index contributed by atoms with van der Waals surface area (Å²) in [5, 5.41) is 3.25. The lowest BCUT2D eigenvalue weighted by Crippen LogP contribution is -2.38. The first-order valence-corrected chi connectivity index (χ1v) is 9.94. The summed E-state index contributed by atoms with van der Waals surface area (Å²) in [7, 11) is 3.33. The quantitative estimate of drug-likeness (QED) is 0.640. The maximum absolute atomic E-state index is 6.00. The van der Waals surface area contributed by atoms with Crippen LogP contribution in [0.15, 0.2) is 60.9 Å². The number of nitrogens with one attached hydrogen (secondary N) is 1. The highest BCUT2D eigenvalue weighted by Gasteiger charge is 2.24. The first-order valence-electron chi connectivity index (χ1n) is 9.94. The molecule has 1 aromatic carbocycles. The third-order valence-corrected chi connectivity index (χ3v) is 5.08. The van der Waals surface area contributed by atoms with E-state index in [1.165, 1.54) is 0 Å². The molecule has 1 unspecified atom stereocenters. The smallest absolute Gasteiger partial charge is 0.165 e. The molecular formula is C23H26N4O3. The number of hydrogen-bond acceptors (Lipinski definition) is 7. The Balaban J connectivity index is 1.42. The van der Waals surface area contributed by atoms with Crippen molar-refractivity contribution in [3.63, 3.8) is 0 Å². The van der Waals surface area contributed by atoms with Crippen LogP contribution in [0.3, 0.4) is 0 Å². The van der Waals surface area contributed by atoms with Crippen molar-refractivity contribution in [2.75, 3.05) is 39.2 Å². The summed E-state index contributed by atoms with van der Waals surface area (Å²) >= 11 is 0. The molecule has 0 spiro atoms. The van der Waals surface area contributed by atoms with Crippen molar-refractivity contribution in [1.29, 1.82) is 0 Å². The lowest BCUT2D eigenvalue weighted by molar-refractivity contribution is -0.0351. The van der Waals surface area contributed by atoms with E-state index in [2.05, 4.69) is 26.3 Å². The third kappa shape index (κ3) is 4.69. The molecule has 0 bridgehead atoms. The Morgan fingerprint density at radius 1 is 1.07 bits per heavy atom. The molecule has 2 aromatic heterocycles. The lowest BCUT2D eigenvalue weighted by atomic mass is 10.1. The second kappa shape index (κ2) is 9.56. The van der Waals surface area contributed by atoms with E-state index in [1.54, 1.807) is 20.4 Å². The summed E-state index contributed by atoms with van der Waals surface area (Å²) in [6.07, 6.45) is 3.50. The molecule has 7 heteroatoms. The van der Waals surface area contributed by atoms with Crippen molar-refractivity contribution in [3.8, 4) is 11.5 Å². The van der Waals surface area contributed by atoms with Crippen LogP contribution in [0.2, 0.25) is 0 Å². The van der Waals surface area contributed by atoms with Crippen LogP contribution in [0.5, 0.6) is 11.5 Å². The number of aromatic nitrogens is 2. The van der Waals surface area contributed by atoms with Gasteiger partial charge in [-0.25, -0.2) is 4.98 Å². The predicted octanol–water partition coefficient (Wildman–Crippen LogP) is 3.81. The van der Waals surface area contributed by atoms with Crippen LogP contribution in [0.25, 0.3) is 0 Å². The van der Waals surface area contributed by atoms with Crippen molar-refractivity contribution < 1.29 is 14.2 Å². The zero-order chi connectivity index (χ0) is 20.8. The molecule has 1 N–H and O–H groups in total. The highest BCUT2D eigenvalue weighted by atomic mass is 16.5. The summed E-state index contributed by atoms with van der Waals surface area (Å²) in [5.74, 6) is 2.32. The van der Waals surface area contributed by atoms with Gasteiger partial charge < -0.3 is 19.5 Å². The summed E-state index contributed by atoms with van der Waals surface area (Å²) in [6.45, 7) is 3.04. The molecule has 1 saturated heterocycles. The fraction of sp³-hybridized carbons (Fsp3) is 0.304. The Hall–Kier alpha value is -3.16. The number of rotatable bonds is 7. The largest absolute Gasteiger partial charge is 0.493 e. The van der Waals surface area contributed by atoms with Gasteiger partial charge in [-0.1, -0.05) is 18.2 Å². The number of para-hydroxylation sites is 1. The van der Waals surface area contributed by atoms with E-state index < -0.39 is 0 Å². The van der Waals surface area contributed by atoms with Crippen LogP contribution in [0.1, 0.15) is 17.4 Å². The van der Waals surface area contributed by atoms with E-state index in [0.29, 0.717) is 6.61 Å². The lowest BCUT2D eigenvalue weighted by Gasteiger charge is -2.33. The van der Waals surface area contributed by atoms with Gasteiger partial charge in [0.2, 0.25) is 0 Å². The van der Waals surface area contributed by atoms with Crippen molar-refractivity contribution >= 4 is 11.5 Å². The molecule has 0 saturated carbocycles. The van der Waals surface area contributed by atoms with Crippen molar-refractivity contribution in [2.24, 2.45) is 0 Å². The molecule has 156 valence electrons. The highest BCUT2D eigenvalue weighted by Crippen LogP contribution is 2.32. The second-order valence-electron chi connectivity index (χ2n) is 7.06. The molecule has 1 aliphatic rings. The maximum atomic E-state index is 6.00. The Kier molecular flexibility index (Phi) is 6.41. The molecular weight excluding hydrogens is 380 g/mol. The molecule has 3 aromatic rings. The number of pyridine rings is 2. The van der Waals surface area contributed by atoms with Gasteiger partial charge in [0.1, 0.15) is 11.9 Å². The average molecular weight is 406 g/mol. The SMILES string of the molecule is COc1cccc(CN2CCOC(c3ccc(Nc4ccccn4)cn3)C2)c1OC. The van der Waals surface area contributed by atoms with Crippen molar-refractivity contribution in [3.05, 3.63) is 72.2 Å². The molecule has 4 rings (SSSR count). The van der Waals surface area contributed by atoms with Crippen LogP contribution in [-0.4, -0.2) is 48.8 Å². The van der Waals surface area contributed by atoms with E-state index in [9.17, 15) is 0 Å². The number of nitrogens with zero attached hydrogens (tertiary/aromatic N) is 3. The van der Waals surface area contributed by atoms with Gasteiger partial charge >= 0.3 is 0 Å². The Morgan fingerprint density at radius 3 is 2.73 bits per heavy atom. The van der Waals surface area contributed by atoms with Crippen LogP contribution < -0.4 is 14.8 Å². The van der Waals surface area contributed by atoms with Crippen LogP contribution in [0, 0.1) is 0 Å². The number of benzene rings is 1.